The summed E-state index contributed by atoms with van der Waals surface area (Å²) in [6.07, 6.45) is 5.20. The van der Waals surface area contributed by atoms with Crippen molar-refractivity contribution in [2.45, 2.75) is 38.2 Å². The predicted molar refractivity (Wildman–Crippen MR) is 61.2 cm³/mol. The molecule has 4 nitrogen and oxygen atoms in total. The standard InChI is InChI=1S/C12H19N3O/c16-11(8-3-2-6-13-7-8)12-14-9-4-1-5-10(9)15-12/h8,11,13,16H,1-7H2,(H,14,15). The molecule has 1 aromatic rings. The summed E-state index contributed by atoms with van der Waals surface area (Å²) < 4.78 is 0. The molecule has 0 aromatic carbocycles. The number of aliphatic hydroxyl groups is 1. The number of aromatic nitrogens is 2. The topological polar surface area (TPSA) is 60.9 Å². The number of aromatic amines is 1. The van der Waals surface area contributed by atoms with Crippen molar-refractivity contribution in [3.8, 4) is 0 Å². The third-order valence-corrected chi connectivity index (χ3v) is 3.78. The molecule has 0 saturated carbocycles. The first-order valence-electron chi connectivity index (χ1n) is 6.31. The van der Waals surface area contributed by atoms with Gasteiger partial charge in [0.05, 0.1) is 5.69 Å². The van der Waals surface area contributed by atoms with Gasteiger partial charge in [-0.25, -0.2) is 4.98 Å². The van der Waals surface area contributed by atoms with E-state index in [1.165, 1.54) is 17.8 Å². The molecule has 0 radical (unpaired) electrons. The molecule has 2 unspecified atom stereocenters. The second-order valence-corrected chi connectivity index (χ2v) is 4.95. The molecule has 88 valence electrons. The maximum atomic E-state index is 10.3. The molecule has 0 spiro atoms. The van der Waals surface area contributed by atoms with Gasteiger partial charge in [0.1, 0.15) is 11.9 Å². The minimum absolute atomic E-state index is 0.319. The van der Waals surface area contributed by atoms with Crippen molar-refractivity contribution in [2.75, 3.05) is 13.1 Å². The Morgan fingerprint density at radius 2 is 2.25 bits per heavy atom. The summed E-state index contributed by atoms with van der Waals surface area (Å²) in [6, 6.07) is 0. The molecule has 0 amide bonds. The number of fused-ring (bicyclic) bond motifs is 1. The van der Waals surface area contributed by atoms with Gasteiger partial charge in [-0.05, 0) is 38.6 Å². The number of aliphatic hydroxyl groups excluding tert-OH is 1. The fourth-order valence-electron chi connectivity index (χ4n) is 2.83. The number of aryl methyl sites for hydroxylation is 2. The fraction of sp³-hybridized carbons (Fsp3) is 0.750. The van der Waals surface area contributed by atoms with E-state index in [2.05, 4.69) is 15.3 Å². The van der Waals surface area contributed by atoms with Crippen LogP contribution in [0.4, 0.5) is 0 Å². The van der Waals surface area contributed by atoms with E-state index in [0.29, 0.717) is 5.92 Å². The third-order valence-electron chi connectivity index (χ3n) is 3.78. The van der Waals surface area contributed by atoms with Gasteiger partial charge in [-0.1, -0.05) is 0 Å². The SMILES string of the molecule is OC(c1nc2c([nH]1)CCC2)C1CCCNC1. The van der Waals surface area contributed by atoms with Crippen molar-refractivity contribution >= 4 is 0 Å². The van der Waals surface area contributed by atoms with Gasteiger partial charge >= 0.3 is 0 Å². The molecule has 3 N–H and O–H groups in total. The number of nitrogens with zero attached hydrogens (tertiary/aromatic N) is 1. The molecular formula is C12H19N3O. The lowest BCUT2D eigenvalue weighted by Gasteiger charge is -2.26. The Morgan fingerprint density at radius 1 is 1.31 bits per heavy atom. The smallest absolute Gasteiger partial charge is 0.135 e. The molecule has 16 heavy (non-hydrogen) atoms. The average molecular weight is 221 g/mol. The van der Waals surface area contributed by atoms with Gasteiger partial charge in [0.2, 0.25) is 0 Å². The van der Waals surface area contributed by atoms with Crippen molar-refractivity contribution in [1.82, 2.24) is 15.3 Å². The van der Waals surface area contributed by atoms with Crippen LogP contribution in [0.5, 0.6) is 0 Å². The van der Waals surface area contributed by atoms with E-state index in [1.807, 2.05) is 0 Å². The van der Waals surface area contributed by atoms with Crippen molar-refractivity contribution < 1.29 is 5.11 Å². The van der Waals surface area contributed by atoms with E-state index in [4.69, 9.17) is 0 Å². The number of hydrogen-bond acceptors (Lipinski definition) is 3. The van der Waals surface area contributed by atoms with Gasteiger partial charge in [0, 0.05) is 18.2 Å². The molecule has 0 bridgehead atoms. The Morgan fingerprint density at radius 3 is 3.00 bits per heavy atom. The molecule has 1 aliphatic carbocycles. The van der Waals surface area contributed by atoms with Crippen LogP contribution in [0.1, 0.15) is 42.6 Å². The highest BCUT2D eigenvalue weighted by molar-refractivity contribution is 5.20. The van der Waals surface area contributed by atoms with E-state index in [-0.39, 0.29) is 0 Å². The van der Waals surface area contributed by atoms with Crippen LogP contribution in [0, 0.1) is 5.92 Å². The van der Waals surface area contributed by atoms with Crippen LogP contribution in [0.25, 0.3) is 0 Å². The lowest BCUT2D eigenvalue weighted by Crippen LogP contribution is -2.33. The maximum Gasteiger partial charge on any atom is 0.135 e. The number of rotatable bonds is 2. The fourth-order valence-corrected chi connectivity index (χ4v) is 2.83. The maximum absolute atomic E-state index is 10.3. The minimum Gasteiger partial charge on any atom is -0.385 e. The minimum atomic E-state index is -0.418. The monoisotopic (exact) mass is 221 g/mol. The highest BCUT2D eigenvalue weighted by Gasteiger charge is 2.27. The summed E-state index contributed by atoms with van der Waals surface area (Å²) in [6.45, 7) is 1.99. The van der Waals surface area contributed by atoms with Crippen molar-refractivity contribution in [3.05, 3.63) is 17.2 Å². The summed E-state index contributed by atoms with van der Waals surface area (Å²) in [5, 5.41) is 13.6. The van der Waals surface area contributed by atoms with E-state index in [9.17, 15) is 5.11 Å². The number of hydrogen-bond donors (Lipinski definition) is 3. The molecule has 1 aliphatic heterocycles. The molecule has 1 saturated heterocycles. The molecule has 2 aliphatic rings. The number of H-pyrrole nitrogens is 1. The summed E-state index contributed by atoms with van der Waals surface area (Å²) in [5.74, 6) is 1.11. The first-order valence-corrected chi connectivity index (χ1v) is 6.31. The summed E-state index contributed by atoms with van der Waals surface area (Å²) in [7, 11) is 0. The Hall–Kier alpha value is -0.870. The van der Waals surface area contributed by atoms with E-state index in [1.54, 1.807) is 0 Å². The van der Waals surface area contributed by atoms with Crippen LogP contribution in [-0.2, 0) is 12.8 Å². The van der Waals surface area contributed by atoms with Crippen LogP contribution in [-0.4, -0.2) is 28.2 Å². The van der Waals surface area contributed by atoms with Crippen LogP contribution < -0.4 is 5.32 Å². The third kappa shape index (κ3) is 1.76. The van der Waals surface area contributed by atoms with Gasteiger partial charge < -0.3 is 15.4 Å². The zero-order chi connectivity index (χ0) is 11.0. The molecule has 4 heteroatoms. The van der Waals surface area contributed by atoms with Crippen molar-refractivity contribution in [1.29, 1.82) is 0 Å². The summed E-state index contributed by atoms with van der Waals surface area (Å²) in [5.41, 5.74) is 2.43. The second-order valence-electron chi connectivity index (χ2n) is 4.95. The Balaban J connectivity index is 1.75. The highest BCUT2D eigenvalue weighted by atomic mass is 16.3. The van der Waals surface area contributed by atoms with Crippen LogP contribution in [0.2, 0.25) is 0 Å². The molecule has 1 fully saturated rings. The van der Waals surface area contributed by atoms with E-state index < -0.39 is 6.10 Å². The molecule has 1 aromatic heterocycles. The predicted octanol–water partition coefficient (Wildman–Crippen LogP) is 0.931. The zero-order valence-corrected chi connectivity index (χ0v) is 9.50. The normalized spacial score (nSPS) is 26.7. The summed E-state index contributed by atoms with van der Waals surface area (Å²) >= 11 is 0. The second kappa shape index (κ2) is 4.18. The Bertz CT molecular complexity index is 347. The van der Waals surface area contributed by atoms with Crippen LogP contribution in [0.3, 0.4) is 0 Å². The summed E-state index contributed by atoms with van der Waals surface area (Å²) in [4.78, 5) is 7.83. The number of nitrogens with one attached hydrogen (secondary N) is 2. The first kappa shape index (κ1) is 10.3. The van der Waals surface area contributed by atoms with E-state index >= 15 is 0 Å². The van der Waals surface area contributed by atoms with Gasteiger partial charge in [-0.15, -0.1) is 0 Å². The largest absolute Gasteiger partial charge is 0.385 e. The van der Waals surface area contributed by atoms with Crippen molar-refractivity contribution in [3.63, 3.8) is 0 Å². The van der Waals surface area contributed by atoms with Gasteiger partial charge in [-0.2, -0.15) is 0 Å². The van der Waals surface area contributed by atoms with Crippen LogP contribution >= 0.6 is 0 Å². The Kier molecular flexibility index (Phi) is 2.69. The lowest BCUT2D eigenvalue weighted by atomic mass is 9.93. The average Bonchev–Trinajstić information content (AvgIpc) is 2.89. The van der Waals surface area contributed by atoms with Gasteiger partial charge in [-0.3, -0.25) is 0 Å². The quantitative estimate of drug-likeness (QED) is 0.696. The highest BCUT2D eigenvalue weighted by Crippen LogP contribution is 2.28. The zero-order valence-electron chi connectivity index (χ0n) is 9.50. The first-order chi connectivity index (χ1) is 7.84. The van der Waals surface area contributed by atoms with E-state index in [0.717, 1.165) is 44.6 Å². The van der Waals surface area contributed by atoms with Crippen LogP contribution in [0.15, 0.2) is 0 Å². The lowest BCUT2D eigenvalue weighted by molar-refractivity contribution is 0.0848. The van der Waals surface area contributed by atoms with Crippen molar-refractivity contribution in [2.24, 2.45) is 5.92 Å². The number of piperidine rings is 1. The molecular weight excluding hydrogens is 202 g/mol. The number of imidazole rings is 1. The van der Waals surface area contributed by atoms with Gasteiger partial charge in [0.15, 0.2) is 0 Å². The van der Waals surface area contributed by atoms with Gasteiger partial charge in [0.25, 0.3) is 0 Å². The molecule has 2 atom stereocenters. The molecule has 2 heterocycles. The molecule has 3 rings (SSSR count). The Labute approximate surface area is 95.5 Å².